The molecule has 2 nitrogen and oxygen atoms in total. The average molecular weight is 250 g/mol. The molecule has 56 valence electrons. The second-order valence-electron chi connectivity index (χ2n) is 2.67. The summed E-state index contributed by atoms with van der Waals surface area (Å²) in [5.41, 5.74) is 1.34. The summed E-state index contributed by atoms with van der Waals surface area (Å²) < 4.78 is 3.14. The van der Waals surface area contributed by atoms with E-state index in [9.17, 15) is 0 Å². The van der Waals surface area contributed by atoms with Crippen LogP contribution in [-0.2, 0) is 7.05 Å². The number of hydrogen-bond donors (Lipinski definition) is 0. The molecule has 0 saturated carbocycles. The summed E-state index contributed by atoms with van der Waals surface area (Å²) in [5, 5.41) is 4.15. The van der Waals surface area contributed by atoms with Gasteiger partial charge in [-0.3, -0.25) is 4.68 Å². The van der Waals surface area contributed by atoms with Crippen molar-refractivity contribution >= 4 is 22.6 Å². The van der Waals surface area contributed by atoms with E-state index in [4.69, 9.17) is 0 Å². The third-order valence-corrected chi connectivity index (χ3v) is 2.84. The summed E-state index contributed by atoms with van der Waals surface area (Å²) in [6.45, 7) is 4.36. The summed E-state index contributed by atoms with van der Waals surface area (Å²) in [4.78, 5) is 0. The molecule has 0 spiro atoms. The highest BCUT2D eigenvalue weighted by atomic mass is 127. The highest BCUT2D eigenvalue weighted by Gasteiger charge is 2.07. The first-order valence-corrected chi connectivity index (χ1v) is 4.38. The minimum absolute atomic E-state index is 0.584. The number of aryl methyl sites for hydroxylation is 1. The molecule has 0 atom stereocenters. The van der Waals surface area contributed by atoms with Crippen molar-refractivity contribution in [2.75, 3.05) is 0 Å². The number of rotatable bonds is 1. The average Bonchev–Trinajstić information content (AvgIpc) is 2.14. The molecule has 0 aliphatic heterocycles. The molecular weight excluding hydrogens is 239 g/mol. The van der Waals surface area contributed by atoms with Crippen LogP contribution in [-0.4, -0.2) is 9.78 Å². The summed E-state index contributed by atoms with van der Waals surface area (Å²) in [6, 6.07) is 0. The Morgan fingerprint density at radius 1 is 1.60 bits per heavy atom. The first-order chi connectivity index (χ1) is 4.63. The molecule has 0 bridgehead atoms. The van der Waals surface area contributed by atoms with Gasteiger partial charge < -0.3 is 0 Å². The smallest absolute Gasteiger partial charge is 0.102 e. The fourth-order valence-electron chi connectivity index (χ4n) is 0.827. The van der Waals surface area contributed by atoms with Crippen LogP contribution in [0, 0.1) is 3.70 Å². The molecule has 0 N–H and O–H groups in total. The van der Waals surface area contributed by atoms with Crippen molar-refractivity contribution in [3.8, 4) is 0 Å². The van der Waals surface area contributed by atoms with Crippen LogP contribution >= 0.6 is 22.6 Å². The molecule has 0 saturated heterocycles. The lowest BCUT2D eigenvalue weighted by molar-refractivity contribution is 0.742. The molecule has 0 radical (unpaired) electrons. The van der Waals surface area contributed by atoms with Crippen molar-refractivity contribution in [1.29, 1.82) is 0 Å². The molecule has 1 aromatic heterocycles. The van der Waals surface area contributed by atoms with Crippen molar-refractivity contribution in [1.82, 2.24) is 9.78 Å². The van der Waals surface area contributed by atoms with E-state index in [0.29, 0.717) is 5.92 Å². The number of aromatic nitrogens is 2. The van der Waals surface area contributed by atoms with Gasteiger partial charge in [0.2, 0.25) is 0 Å². The standard InChI is InChI=1S/C7H11IN2/c1-5(2)6-4-9-10(3)7(6)8/h4-5H,1-3H3. The Balaban J connectivity index is 3.05. The molecule has 10 heavy (non-hydrogen) atoms. The first-order valence-electron chi connectivity index (χ1n) is 3.30. The number of hydrogen-bond acceptors (Lipinski definition) is 1. The Labute approximate surface area is 74.8 Å². The van der Waals surface area contributed by atoms with Crippen LogP contribution in [0.4, 0.5) is 0 Å². The maximum atomic E-state index is 4.15. The highest BCUT2D eigenvalue weighted by Crippen LogP contribution is 2.19. The molecular formula is C7H11IN2. The van der Waals surface area contributed by atoms with E-state index >= 15 is 0 Å². The van der Waals surface area contributed by atoms with Gasteiger partial charge >= 0.3 is 0 Å². The van der Waals surface area contributed by atoms with Gasteiger partial charge in [-0.15, -0.1) is 0 Å². The van der Waals surface area contributed by atoms with E-state index in [1.54, 1.807) is 0 Å². The Bertz CT molecular complexity index is 228. The van der Waals surface area contributed by atoms with Gasteiger partial charge in [0.25, 0.3) is 0 Å². The molecule has 0 aliphatic carbocycles. The monoisotopic (exact) mass is 250 g/mol. The summed E-state index contributed by atoms with van der Waals surface area (Å²) in [6.07, 6.45) is 1.94. The molecule has 0 unspecified atom stereocenters. The molecule has 0 aromatic carbocycles. The molecule has 0 fully saturated rings. The van der Waals surface area contributed by atoms with Crippen LogP contribution in [0.1, 0.15) is 25.3 Å². The van der Waals surface area contributed by atoms with Gasteiger partial charge in [0.15, 0.2) is 0 Å². The second kappa shape index (κ2) is 2.90. The van der Waals surface area contributed by atoms with Crippen LogP contribution in [0.5, 0.6) is 0 Å². The van der Waals surface area contributed by atoms with Gasteiger partial charge in [-0.05, 0) is 28.5 Å². The number of halogens is 1. The van der Waals surface area contributed by atoms with Crippen molar-refractivity contribution in [2.45, 2.75) is 19.8 Å². The van der Waals surface area contributed by atoms with Gasteiger partial charge in [0, 0.05) is 12.6 Å². The molecule has 1 heterocycles. The van der Waals surface area contributed by atoms with Crippen LogP contribution in [0.15, 0.2) is 6.20 Å². The number of nitrogens with zero attached hydrogens (tertiary/aromatic N) is 2. The highest BCUT2D eigenvalue weighted by molar-refractivity contribution is 14.1. The van der Waals surface area contributed by atoms with Crippen LogP contribution in [0.2, 0.25) is 0 Å². The van der Waals surface area contributed by atoms with E-state index in [1.165, 1.54) is 9.26 Å². The van der Waals surface area contributed by atoms with Crippen molar-refractivity contribution in [3.05, 3.63) is 15.5 Å². The van der Waals surface area contributed by atoms with Gasteiger partial charge in [-0.2, -0.15) is 5.10 Å². The lowest BCUT2D eigenvalue weighted by atomic mass is 10.1. The molecule has 3 heteroatoms. The minimum atomic E-state index is 0.584. The van der Waals surface area contributed by atoms with E-state index in [-0.39, 0.29) is 0 Å². The fraction of sp³-hybridized carbons (Fsp3) is 0.571. The predicted octanol–water partition coefficient (Wildman–Crippen LogP) is 2.15. The molecule has 0 amide bonds. The maximum Gasteiger partial charge on any atom is 0.102 e. The Kier molecular flexibility index (Phi) is 2.33. The third-order valence-electron chi connectivity index (χ3n) is 1.51. The lowest BCUT2D eigenvalue weighted by Gasteiger charge is -2.00. The summed E-state index contributed by atoms with van der Waals surface area (Å²) in [7, 11) is 1.97. The molecule has 1 rings (SSSR count). The zero-order valence-electron chi connectivity index (χ0n) is 6.43. The Morgan fingerprint density at radius 3 is 2.40 bits per heavy atom. The van der Waals surface area contributed by atoms with Gasteiger partial charge in [0.1, 0.15) is 3.70 Å². The predicted molar refractivity (Wildman–Crippen MR) is 50.0 cm³/mol. The SMILES string of the molecule is CC(C)c1cnn(C)c1I. The van der Waals surface area contributed by atoms with E-state index in [0.717, 1.165) is 0 Å². The van der Waals surface area contributed by atoms with E-state index < -0.39 is 0 Å². The van der Waals surface area contributed by atoms with Gasteiger partial charge in [0.05, 0.1) is 6.20 Å². The zero-order valence-corrected chi connectivity index (χ0v) is 8.58. The van der Waals surface area contributed by atoms with Crippen molar-refractivity contribution < 1.29 is 0 Å². The summed E-state index contributed by atoms with van der Waals surface area (Å²) in [5.74, 6) is 0.584. The maximum absolute atomic E-state index is 4.15. The molecule has 1 aromatic rings. The van der Waals surface area contributed by atoms with Crippen LogP contribution < -0.4 is 0 Å². The van der Waals surface area contributed by atoms with Crippen LogP contribution in [0.25, 0.3) is 0 Å². The van der Waals surface area contributed by atoms with Crippen molar-refractivity contribution in [3.63, 3.8) is 0 Å². The quantitative estimate of drug-likeness (QED) is 0.698. The van der Waals surface area contributed by atoms with Gasteiger partial charge in [-0.1, -0.05) is 13.8 Å². The lowest BCUT2D eigenvalue weighted by Crippen LogP contribution is -1.94. The van der Waals surface area contributed by atoms with E-state index in [2.05, 4.69) is 41.5 Å². The fourth-order valence-corrected chi connectivity index (χ4v) is 1.71. The van der Waals surface area contributed by atoms with Gasteiger partial charge in [-0.25, -0.2) is 0 Å². The van der Waals surface area contributed by atoms with E-state index in [1.807, 2.05) is 17.9 Å². The minimum Gasteiger partial charge on any atom is -0.262 e. The Morgan fingerprint density at radius 2 is 2.20 bits per heavy atom. The third kappa shape index (κ3) is 1.33. The second-order valence-corrected chi connectivity index (χ2v) is 3.69. The Hall–Kier alpha value is -0.0600. The van der Waals surface area contributed by atoms with Crippen LogP contribution in [0.3, 0.4) is 0 Å². The first kappa shape index (κ1) is 8.04. The van der Waals surface area contributed by atoms with Crippen molar-refractivity contribution in [2.24, 2.45) is 7.05 Å². The molecule has 0 aliphatic rings. The summed E-state index contributed by atoms with van der Waals surface area (Å²) >= 11 is 2.32. The largest absolute Gasteiger partial charge is 0.262 e. The zero-order chi connectivity index (χ0) is 7.72. The normalized spacial score (nSPS) is 10.9. The topological polar surface area (TPSA) is 17.8 Å².